The molecule has 1 saturated heterocycles. The van der Waals surface area contributed by atoms with Gasteiger partial charge in [0, 0.05) is 38.3 Å². The van der Waals surface area contributed by atoms with Crippen molar-refractivity contribution in [3.63, 3.8) is 0 Å². The molecule has 0 bridgehead atoms. The van der Waals surface area contributed by atoms with Crippen LogP contribution in [0.25, 0.3) is 0 Å². The number of hydrogen-bond acceptors (Lipinski definition) is 6. The van der Waals surface area contributed by atoms with E-state index in [9.17, 15) is 10.1 Å². The Morgan fingerprint density at radius 1 is 1.26 bits per heavy atom. The van der Waals surface area contributed by atoms with Crippen LogP contribution in [0.1, 0.15) is 5.56 Å². The molecule has 1 N–H and O–H groups in total. The third-order valence-corrected chi connectivity index (χ3v) is 3.37. The number of fused-ring (bicyclic) bond motifs is 1. The van der Waals surface area contributed by atoms with Gasteiger partial charge in [0.05, 0.1) is 11.0 Å². The molecule has 1 aromatic carbocycles. The number of rotatable bonds is 3. The van der Waals surface area contributed by atoms with E-state index in [0.717, 1.165) is 26.2 Å². The Balaban J connectivity index is 1.87. The number of nitrogens with one attached hydrogen (secondary N) is 1. The monoisotopic (exact) mass is 265 g/mol. The summed E-state index contributed by atoms with van der Waals surface area (Å²) >= 11 is 0. The van der Waals surface area contributed by atoms with E-state index in [2.05, 4.69) is 10.2 Å². The van der Waals surface area contributed by atoms with Crippen LogP contribution in [0.5, 0.6) is 11.5 Å². The molecule has 2 heterocycles. The summed E-state index contributed by atoms with van der Waals surface area (Å²) in [4.78, 5) is 13.0. The van der Waals surface area contributed by atoms with Gasteiger partial charge in [0.2, 0.25) is 6.79 Å². The average molecular weight is 265 g/mol. The highest BCUT2D eigenvalue weighted by Gasteiger charge is 2.24. The first-order valence-electron chi connectivity index (χ1n) is 6.24. The van der Waals surface area contributed by atoms with Crippen molar-refractivity contribution >= 4 is 5.69 Å². The van der Waals surface area contributed by atoms with Crippen molar-refractivity contribution in [2.75, 3.05) is 33.0 Å². The second-order valence-corrected chi connectivity index (χ2v) is 4.62. The molecular weight excluding hydrogens is 250 g/mol. The molecule has 0 spiro atoms. The van der Waals surface area contributed by atoms with Crippen molar-refractivity contribution in [3.05, 3.63) is 27.8 Å². The second-order valence-electron chi connectivity index (χ2n) is 4.62. The van der Waals surface area contributed by atoms with Crippen LogP contribution < -0.4 is 14.8 Å². The van der Waals surface area contributed by atoms with Crippen molar-refractivity contribution < 1.29 is 14.4 Å². The number of nitro groups is 1. The fourth-order valence-electron chi connectivity index (χ4n) is 2.38. The van der Waals surface area contributed by atoms with Crippen LogP contribution in [0.2, 0.25) is 0 Å². The minimum Gasteiger partial charge on any atom is -0.454 e. The van der Waals surface area contributed by atoms with Crippen LogP contribution in [-0.2, 0) is 6.54 Å². The summed E-state index contributed by atoms with van der Waals surface area (Å²) in [6.07, 6.45) is 0. The molecule has 102 valence electrons. The first kappa shape index (κ1) is 12.2. The largest absolute Gasteiger partial charge is 0.454 e. The normalized spacial score (nSPS) is 18.5. The van der Waals surface area contributed by atoms with E-state index in [1.165, 1.54) is 6.07 Å². The van der Waals surface area contributed by atoms with Gasteiger partial charge in [0.15, 0.2) is 11.5 Å². The lowest BCUT2D eigenvalue weighted by atomic mass is 10.1. The van der Waals surface area contributed by atoms with Gasteiger partial charge in [-0.2, -0.15) is 0 Å². The molecule has 7 nitrogen and oxygen atoms in total. The summed E-state index contributed by atoms with van der Waals surface area (Å²) in [5.41, 5.74) is 0.777. The van der Waals surface area contributed by atoms with Gasteiger partial charge in [-0.15, -0.1) is 0 Å². The number of ether oxygens (including phenoxy) is 2. The third-order valence-electron chi connectivity index (χ3n) is 3.37. The molecule has 0 saturated carbocycles. The van der Waals surface area contributed by atoms with Crippen molar-refractivity contribution in [2.24, 2.45) is 0 Å². The zero-order valence-electron chi connectivity index (χ0n) is 10.4. The van der Waals surface area contributed by atoms with Gasteiger partial charge in [0.1, 0.15) is 0 Å². The van der Waals surface area contributed by atoms with E-state index < -0.39 is 0 Å². The van der Waals surface area contributed by atoms with Crippen LogP contribution in [0.15, 0.2) is 12.1 Å². The predicted molar refractivity (Wildman–Crippen MR) is 67.4 cm³/mol. The van der Waals surface area contributed by atoms with Crippen molar-refractivity contribution in [2.45, 2.75) is 6.54 Å². The van der Waals surface area contributed by atoms with Gasteiger partial charge in [-0.1, -0.05) is 0 Å². The van der Waals surface area contributed by atoms with Crippen molar-refractivity contribution in [3.8, 4) is 11.5 Å². The maximum atomic E-state index is 11.1. The van der Waals surface area contributed by atoms with E-state index >= 15 is 0 Å². The first-order chi connectivity index (χ1) is 9.24. The average Bonchev–Trinajstić information content (AvgIpc) is 2.86. The van der Waals surface area contributed by atoms with Crippen molar-refractivity contribution in [1.29, 1.82) is 0 Å². The Bertz CT molecular complexity index is 500. The number of benzene rings is 1. The summed E-state index contributed by atoms with van der Waals surface area (Å²) in [7, 11) is 0. The molecule has 0 aromatic heterocycles. The fourth-order valence-corrected chi connectivity index (χ4v) is 2.38. The molecule has 0 aliphatic carbocycles. The highest BCUT2D eigenvalue weighted by Crippen LogP contribution is 2.38. The van der Waals surface area contributed by atoms with Gasteiger partial charge >= 0.3 is 0 Å². The number of nitro benzene ring substituents is 1. The summed E-state index contributed by atoms with van der Waals surface area (Å²) < 4.78 is 10.5. The zero-order valence-corrected chi connectivity index (χ0v) is 10.4. The SMILES string of the molecule is O=[N+]([O-])c1cc2c(cc1CN1CCNCC1)OCO2. The fraction of sp³-hybridized carbons (Fsp3) is 0.500. The summed E-state index contributed by atoms with van der Waals surface area (Å²) in [6, 6.07) is 3.18. The quantitative estimate of drug-likeness (QED) is 0.641. The maximum Gasteiger partial charge on any atom is 0.277 e. The highest BCUT2D eigenvalue weighted by atomic mass is 16.7. The number of nitrogens with zero attached hydrogens (tertiary/aromatic N) is 2. The van der Waals surface area contributed by atoms with Crippen LogP contribution in [0.3, 0.4) is 0 Å². The molecule has 2 aliphatic rings. The maximum absolute atomic E-state index is 11.1. The van der Waals surface area contributed by atoms with Gasteiger partial charge in [-0.05, 0) is 6.07 Å². The van der Waals surface area contributed by atoms with Crippen LogP contribution in [-0.4, -0.2) is 42.8 Å². The molecule has 0 amide bonds. The Labute approximate surface area is 110 Å². The van der Waals surface area contributed by atoms with E-state index in [4.69, 9.17) is 9.47 Å². The van der Waals surface area contributed by atoms with E-state index in [-0.39, 0.29) is 17.4 Å². The van der Waals surface area contributed by atoms with Gasteiger partial charge in [-0.3, -0.25) is 15.0 Å². The first-order valence-corrected chi connectivity index (χ1v) is 6.24. The molecule has 0 atom stereocenters. The van der Waals surface area contributed by atoms with E-state index in [0.29, 0.717) is 23.6 Å². The van der Waals surface area contributed by atoms with E-state index in [1.54, 1.807) is 6.07 Å². The molecule has 2 aliphatic heterocycles. The lowest BCUT2D eigenvalue weighted by Crippen LogP contribution is -2.42. The molecule has 19 heavy (non-hydrogen) atoms. The molecular formula is C12H15N3O4. The molecule has 3 rings (SSSR count). The predicted octanol–water partition coefficient (Wildman–Crippen LogP) is 0.729. The molecule has 1 aromatic rings. The number of piperazine rings is 1. The smallest absolute Gasteiger partial charge is 0.277 e. The minimum atomic E-state index is -0.362. The minimum absolute atomic E-state index is 0.0998. The van der Waals surface area contributed by atoms with Gasteiger partial charge in [-0.25, -0.2) is 0 Å². The molecule has 0 unspecified atom stereocenters. The van der Waals surface area contributed by atoms with Gasteiger partial charge < -0.3 is 14.8 Å². The van der Waals surface area contributed by atoms with Gasteiger partial charge in [0.25, 0.3) is 5.69 Å². The summed E-state index contributed by atoms with van der Waals surface area (Å²) in [6.45, 7) is 4.31. The Kier molecular flexibility index (Phi) is 3.22. The Morgan fingerprint density at radius 3 is 2.63 bits per heavy atom. The summed E-state index contributed by atoms with van der Waals surface area (Å²) in [5, 5.41) is 14.4. The third kappa shape index (κ3) is 2.47. The van der Waals surface area contributed by atoms with Crippen LogP contribution in [0, 0.1) is 10.1 Å². The molecule has 1 fully saturated rings. The van der Waals surface area contributed by atoms with Crippen LogP contribution in [0.4, 0.5) is 5.69 Å². The summed E-state index contributed by atoms with van der Waals surface area (Å²) in [5.74, 6) is 1.05. The topological polar surface area (TPSA) is 76.9 Å². The Morgan fingerprint density at radius 2 is 1.95 bits per heavy atom. The number of hydrogen-bond donors (Lipinski definition) is 1. The zero-order chi connectivity index (χ0) is 13.2. The molecule has 7 heteroatoms. The van der Waals surface area contributed by atoms with Crippen molar-refractivity contribution in [1.82, 2.24) is 10.2 Å². The highest BCUT2D eigenvalue weighted by molar-refractivity contribution is 5.55. The standard InChI is InChI=1S/C12H15N3O4/c16-15(17)10-6-12-11(18-8-19-12)5-9(10)7-14-3-1-13-2-4-14/h5-6,13H,1-4,7-8H2. The van der Waals surface area contributed by atoms with E-state index in [1.807, 2.05) is 0 Å². The van der Waals surface area contributed by atoms with Crippen LogP contribution >= 0.6 is 0 Å². The lowest BCUT2D eigenvalue weighted by molar-refractivity contribution is -0.385. The molecule has 0 radical (unpaired) electrons. The lowest BCUT2D eigenvalue weighted by Gasteiger charge is -2.27. The Hall–Kier alpha value is -1.86. The second kappa shape index (κ2) is 5.02.